The summed E-state index contributed by atoms with van der Waals surface area (Å²) < 4.78 is 33.3. The average molecular weight is 274 g/mol. The van der Waals surface area contributed by atoms with E-state index in [2.05, 4.69) is 4.98 Å². The fraction of sp³-hybridized carbons (Fsp3) is 0.700. The molecule has 0 saturated carbocycles. The lowest BCUT2D eigenvalue weighted by molar-refractivity contribution is -0.0641. The highest BCUT2D eigenvalue weighted by Gasteiger charge is 2.37. The highest BCUT2D eigenvalue weighted by molar-refractivity contribution is 7.89. The van der Waals surface area contributed by atoms with Crippen LogP contribution in [0.25, 0.3) is 0 Å². The van der Waals surface area contributed by atoms with Gasteiger partial charge in [0.2, 0.25) is 0 Å². The van der Waals surface area contributed by atoms with Crippen molar-refractivity contribution in [3.05, 3.63) is 6.33 Å². The van der Waals surface area contributed by atoms with Crippen molar-refractivity contribution in [3.63, 3.8) is 0 Å². The minimum Gasteiger partial charge on any atom is -0.381 e. The maximum atomic E-state index is 12.5. The number of nitrogens with two attached hydrogens (primary N) is 1. The number of aromatic nitrogens is 2. The van der Waals surface area contributed by atoms with Gasteiger partial charge in [-0.05, 0) is 13.8 Å². The van der Waals surface area contributed by atoms with Crippen LogP contribution in [0, 0.1) is 0 Å². The fourth-order valence-corrected chi connectivity index (χ4v) is 3.82. The van der Waals surface area contributed by atoms with E-state index in [1.54, 1.807) is 7.05 Å². The van der Waals surface area contributed by atoms with E-state index in [1.807, 2.05) is 13.8 Å². The largest absolute Gasteiger partial charge is 0.381 e. The van der Waals surface area contributed by atoms with Crippen LogP contribution in [0.4, 0.5) is 5.82 Å². The summed E-state index contributed by atoms with van der Waals surface area (Å²) in [5.74, 6) is 0.0294. The third-order valence-electron chi connectivity index (χ3n) is 2.88. The van der Waals surface area contributed by atoms with Gasteiger partial charge in [0.1, 0.15) is 0 Å². The van der Waals surface area contributed by atoms with Crippen LogP contribution in [0.1, 0.15) is 13.8 Å². The van der Waals surface area contributed by atoms with Gasteiger partial charge in [0.15, 0.2) is 10.8 Å². The van der Waals surface area contributed by atoms with E-state index < -0.39 is 15.6 Å². The van der Waals surface area contributed by atoms with E-state index in [0.717, 1.165) is 0 Å². The van der Waals surface area contributed by atoms with Crippen molar-refractivity contribution in [2.24, 2.45) is 7.05 Å². The Bertz CT molecular complexity index is 530. The summed E-state index contributed by atoms with van der Waals surface area (Å²) >= 11 is 0. The molecule has 1 saturated heterocycles. The molecule has 2 N–H and O–H groups in total. The van der Waals surface area contributed by atoms with Crippen molar-refractivity contribution < 1.29 is 13.2 Å². The highest BCUT2D eigenvalue weighted by Crippen LogP contribution is 2.25. The Morgan fingerprint density at radius 3 is 2.67 bits per heavy atom. The minimum atomic E-state index is -3.62. The van der Waals surface area contributed by atoms with E-state index in [-0.39, 0.29) is 10.8 Å². The van der Waals surface area contributed by atoms with Crippen LogP contribution in [0.5, 0.6) is 0 Å². The van der Waals surface area contributed by atoms with Gasteiger partial charge in [0.25, 0.3) is 10.0 Å². The van der Waals surface area contributed by atoms with Crippen molar-refractivity contribution in [3.8, 4) is 0 Å². The number of morpholine rings is 1. The number of imidazole rings is 1. The number of hydrogen-bond donors (Lipinski definition) is 1. The van der Waals surface area contributed by atoms with Crippen molar-refractivity contribution in [1.29, 1.82) is 0 Å². The van der Waals surface area contributed by atoms with Crippen LogP contribution in [0.2, 0.25) is 0 Å². The maximum Gasteiger partial charge on any atom is 0.262 e. The first-order valence-corrected chi connectivity index (χ1v) is 7.09. The first kappa shape index (κ1) is 13.3. The second-order valence-electron chi connectivity index (χ2n) is 4.99. The summed E-state index contributed by atoms with van der Waals surface area (Å²) in [5, 5.41) is 0.0419. The lowest BCUT2D eigenvalue weighted by Crippen LogP contribution is -2.50. The van der Waals surface area contributed by atoms with Crippen LogP contribution < -0.4 is 5.73 Å². The molecule has 0 atom stereocenters. The van der Waals surface area contributed by atoms with Crippen molar-refractivity contribution in [2.45, 2.75) is 24.5 Å². The molecule has 18 heavy (non-hydrogen) atoms. The summed E-state index contributed by atoms with van der Waals surface area (Å²) in [6.45, 7) is 4.74. The lowest BCUT2D eigenvalue weighted by atomic mass is 10.1. The Morgan fingerprint density at radius 1 is 1.50 bits per heavy atom. The fourth-order valence-electron chi connectivity index (χ4n) is 2.05. The molecule has 0 aliphatic carbocycles. The van der Waals surface area contributed by atoms with Crippen LogP contribution in [-0.4, -0.2) is 47.6 Å². The molecule has 8 heteroatoms. The van der Waals surface area contributed by atoms with Gasteiger partial charge in [-0.25, -0.2) is 13.4 Å². The molecule has 1 aliphatic heterocycles. The van der Waals surface area contributed by atoms with Crippen molar-refractivity contribution >= 4 is 15.8 Å². The first-order valence-electron chi connectivity index (χ1n) is 5.65. The van der Waals surface area contributed by atoms with Gasteiger partial charge in [-0.1, -0.05) is 0 Å². The highest BCUT2D eigenvalue weighted by atomic mass is 32.2. The van der Waals surface area contributed by atoms with Crippen molar-refractivity contribution in [2.75, 3.05) is 25.4 Å². The molecule has 2 rings (SSSR count). The molecule has 0 radical (unpaired) electrons. The first-order chi connectivity index (χ1) is 8.24. The Kier molecular flexibility index (Phi) is 3.12. The summed E-state index contributed by atoms with van der Waals surface area (Å²) in [6, 6.07) is 0. The van der Waals surface area contributed by atoms with Crippen LogP contribution in [-0.2, 0) is 21.8 Å². The number of sulfonamides is 1. The quantitative estimate of drug-likeness (QED) is 0.806. The van der Waals surface area contributed by atoms with Gasteiger partial charge in [-0.15, -0.1) is 0 Å². The number of aryl methyl sites for hydroxylation is 1. The normalized spacial score (nSPS) is 21.1. The molecule has 2 heterocycles. The molecule has 1 fully saturated rings. The molecule has 7 nitrogen and oxygen atoms in total. The molecule has 0 unspecified atom stereocenters. The predicted molar refractivity (Wildman–Crippen MR) is 66.4 cm³/mol. The zero-order chi connectivity index (χ0) is 13.6. The third-order valence-corrected chi connectivity index (χ3v) is 4.86. The van der Waals surface area contributed by atoms with Gasteiger partial charge < -0.3 is 15.0 Å². The monoisotopic (exact) mass is 274 g/mol. The molecule has 0 bridgehead atoms. The number of nitrogen functional groups attached to an aromatic ring is 1. The smallest absolute Gasteiger partial charge is 0.262 e. The van der Waals surface area contributed by atoms with Crippen LogP contribution >= 0.6 is 0 Å². The van der Waals surface area contributed by atoms with E-state index in [4.69, 9.17) is 10.5 Å². The van der Waals surface area contributed by atoms with Gasteiger partial charge >= 0.3 is 0 Å². The molecule has 102 valence electrons. The van der Waals surface area contributed by atoms with Gasteiger partial charge in [-0.2, -0.15) is 4.31 Å². The molecule has 0 amide bonds. The average Bonchev–Trinajstić information content (AvgIpc) is 2.57. The lowest BCUT2D eigenvalue weighted by Gasteiger charge is -2.37. The number of anilines is 1. The Labute approximate surface area is 107 Å². The van der Waals surface area contributed by atoms with Gasteiger partial charge in [0, 0.05) is 20.1 Å². The second kappa shape index (κ2) is 4.22. The summed E-state index contributed by atoms with van der Waals surface area (Å²) in [5.41, 5.74) is 5.15. The summed E-state index contributed by atoms with van der Waals surface area (Å²) in [4.78, 5) is 3.82. The third kappa shape index (κ3) is 2.23. The molecule has 0 aromatic carbocycles. The molecule has 0 spiro atoms. The zero-order valence-electron chi connectivity index (χ0n) is 10.8. The zero-order valence-corrected chi connectivity index (χ0v) is 11.6. The van der Waals surface area contributed by atoms with E-state index >= 15 is 0 Å². The Morgan fingerprint density at radius 2 is 2.17 bits per heavy atom. The summed E-state index contributed by atoms with van der Waals surface area (Å²) in [7, 11) is -2.01. The van der Waals surface area contributed by atoms with E-state index in [0.29, 0.717) is 19.7 Å². The molecule has 1 aromatic heterocycles. The molecular weight excluding hydrogens is 256 g/mol. The minimum absolute atomic E-state index is 0.0294. The van der Waals surface area contributed by atoms with Gasteiger partial charge in [0.05, 0.1) is 18.5 Å². The SMILES string of the molecule is Cn1cnc(N)c1S(=O)(=O)N1CCOC(C)(C)C1. The molecule has 1 aliphatic rings. The Balaban J connectivity index is 2.38. The van der Waals surface area contributed by atoms with E-state index in [9.17, 15) is 8.42 Å². The number of hydrogen-bond acceptors (Lipinski definition) is 5. The van der Waals surface area contributed by atoms with E-state index in [1.165, 1.54) is 15.2 Å². The maximum absolute atomic E-state index is 12.5. The molecular formula is C10H18N4O3S. The van der Waals surface area contributed by atoms with Crippen LogP contribution in [0.15, 0.2) is 11.4 Å². The summed E-state index contributed by atoms with van der Waals surface area (Å²) in [6.07, 6.45) is 1.40. The molecule has 1 aromatic rings. The van der Waals surface area contributed by atoms with Gasteiger partial charge in [-0.3, -0.25) is 0 Å². The van der Waals surface area contributed by atoms with Crippen LogP contribution in [0.3, 0.4) is 0 Å². The predicted octanol–water partition coefficient (Wildman–Crippen LogP) is -0.198. The number of nitrogens with zero attached hydrogens (tertiary/aromatic N) is 3. The Hall–Kier alpha value is -1.12. The standard InChI is InChI=1S/C10H18N4O3S/c1-10(2)6-14(4-5-17-10)18(15,16)9-8(11)12-7-13(9)3/h7H,4-6,11H2,1-3H3. The number of ether oxygens (including phenoxy) is 1. The topological polar surface area (TPSA) is 90.5 Å². The second-order valence-corrected chi connectivity index (χ2v) is 6.85. The number of rotatable bonds is 2. The van der Waals surface area contributed by atoms with Crippen molar-refractivity contribution in [1.82, 2.24) is 13.9 Å².